The van der Waals surface area contributed by atoms with E-state index in [2.05, 4.69) is 18.1 Å². The first-order chi connectivity index (χ1) is 9.24. The standard InChI is InChI=1S/C14H17N3O2/c1-10(17-14(15)6-7-16-17)2-3-11-4-5-12-13(8-11)19-9-18-12/h4-8,10H,2-3,9,15H2,1H3. The van der Waals surface area contributed by atoms with Crippen molar-refractivity contribution in [2.75, 3.05) is 12.5 Å². The molecule has 0 saturated heterocycles. The van der Waals surface area contributed by atoms with Gasteiger partial charge in [-0.15, -0.1) is 0 Å². The molecule has 0 saturated carbocycles. The Hall–Kier alpha value is -2.17. The van der Waals surface area contributed by atoms with Gasteiger partial charge in [0.2, 0.25) is 6.79 Å². The van der Waals surface area contributed by atoms with Crippen LogP contribution in [0, 0.1) is 0 Å². The summed E-state index contributed by atoms with van der Waals surface area (Å²) in [5.41, 5.74) is 7.09. The van der Waals surface area contributed by atoms with E-state index in [0.29, 0.717) is 12.6 Å². The molecule has 2 aromatic rings. The SMILES string of the molecule is CC(CCc1ccc2c(c1)OCO2)n1nccc1N. The number of hydrogen-bond acceptors (Lipinski definition) is 4. The summed E-state index contributed by atoms with van der Waals surface area (Å²) in [5.74, 6) is 2.37. The molecule has 0 bridgehead atoms. The Morgan fingerprint density at radius 1 is 1.32 bits per heavy atom. The Morgan fingerprint density at radius 3 is 2.95 bits per heavy atom. The van der Waals surface area contributed by atoms with E-state index in [0.717, 1.165) is 24.3 Å². The molecule has 2 N–H and O–H groups in total. The molecule has 5 nitrogen and oxygen atoms in total. The summed E-state index contributed by atoms with van der Waals surface area (Å²) in [6.07, 6.45) is 3.66. The summed E-state index contributed by atoms with van der Waals surface area (Å²) in [4.78, 5) is 0. The van der Waals surface area contributed by atoms with Crippen molar-refractivity contribution in [1.82, 2.24) is 9.78 Å². The summed E-state index contributed by atoms with van der Waals surface area (Å²) in [6.45, 7) is 2.44. The number of aromatic nitrogens is 2. The fraction of sp³-hybridized carbons (Fsp3) is 0.357. The molecule has 0 aliphatic carbocycles. The quantitative estimate of drug-likeness (QED) is 0.915. The van der Waals surface area contributed by atoms with Crippen LogP contribution in [0.5, 0.6) is 11.5 Å². The van der Waals surface area contributed by atoms with Crippen molar-refractivity contribution in [1.29, 1.82) is 0 Å². The van der Waals surface area contributed by atoms with Crippen LogP contribution in [0.15, 0.2) is 30.5 Å². The van der Waals surface area contributed by atoms with Crippen molar-refractivity contribution in [3.05, 3.63) is 36.0 Å². The van der Waals surface area contributed by atoms with Crippen LogP contribution in [0.3, 0.4) is 0 Å². The first kappa shape index (κ1) is 11.9. The van der Waals surface area contributed by atoms with Gasteiger partial charge in [0.25, 0.3) is 0 Å². The highest BCUT2D eigenvalue weighted by Gasteiger charge is 2.14. The fourth-order valence-electron chi connectivity index (χ4n) is 2.29. The van der Waals surface area contributed by atoms with E-state index in [1.54, 1.807) is 6.20 Å². The lowest BCUT2D eigenvalue weighted by molar-refractivity contribution is 0.174. The highest BCUT2D eigenvalue weighted by Crippen LogP contribution is 2.33. The van der Waals surface area contributed by atoms with Gasteiger partial charge in [0.1, 0.15) is 5.82 Å². The van der Waals surface area contributed by atoms with Gasteiger partial charge in [-0.1, -0.05) is 6.07 Å². The number of anilines is 1. The van der Waals surface area contributed by atoms with Gasteiger partial charge in [0.05, 0.1) is 12.2 Å². The Kier molecular flexibility index (Phi) is 3.03. The number of rotatable bonds is 4. The third-order valence-corrected chi connectivity index (χ3v) is 3.41. The van der Waals surface area contributed by atoms with Crippen LogP contribution in [-0.4, -0.2) is 16.6 Å². The molecule has 2 heterocycles. The van der Waals surface area contributed by atoms with Gasteiger partial charge >= 0.3 is 0 Å². The highest BCUT2D eigenvalue weighted by molar-refractivity contribution is 5.44. The van der Waals surface area contributed by atoms with E-state index < -0.39 is 0 Å². The molecule has 0 radical (unpaired) electrons. The molecule has 1 aromatic carbocycles. The number of nitrogen functional groups attached to an aromatic ring is 1. The van der Waals surface area contributed by atoms with Crippen molar-refractivity contribution < 1.29 is 9.47 Å². The van der Waals surface area contributed by atoms with Crippen LogP contribution < -0.4 is 15.2 Å². The van der Waals surface area contributed by atoms with Crippen LogP contribution in [0.25, 0.3) is 0 Å². The van der Waals surface area contributed by atoms with E-state index >= 15 is 0 Å². The molecular weight excluding hydrogens is 242 g/mol. The lowest BCUT2D eigenvalue weighted by Crippen LogP contribution is -2.10. The van der Waals surface area contributed by atoms with Gasteiger partial charge in [-0.05, 0) is 43.5 Å². The van der Waals surface area contributed by atoms with E-state index in [1.807, 2.05) is 22.9 Å². The zero-order valence-corrected chi connectivity index (χ0v) is 10.9. The Balaban J connectivity index is 1.65. The molecule has 19 heavy (non-hydrogen) atoms. The van der Waals surface area contributed by atoms with E-state index in [9.17, 15) is 0 Å². The summed E-state index contributed by atoms with van der Waals surface area (Å²) in [6, 6.07) is 8.18. The Labute approximate surface area is 111 Å². The van der Waals surface area contributed by atoms with Gasteiger partial charge in [-0.25, -0.2) is 4.68 Å². The monoisotopic (exact) mass is 259 g/mol. The van der Waals surface area contributed by atoms with Gasteiger partial charge in [0.15, 0.2) is 11.5 Å². The van der Waals surface area contributed by atoms with Gasteiger partial charge in [0, 0.05) is 0 Å². The molecule has 1 atom stereocenters. The second-order valence-electron chi connectivity index (χ2n) is 4.78. The van der Waals surface area contributed by atoms with Crippen molar-refractivity contribution >= 4 is 5.82 Å². The van der Waals surface area contributed by atoms with Crippen LogP contribution in [0.1, 0.15) is 24.9 Å². The molecular formula is C14H17N3O2. The first-order valence-electron chi connectivity index (χ1n) is 6.41. The molecule has 5 heteroatoms. The average molecular weight is 259 g/mol. The van der Waals surface area contributed by atoms with Gasteiger partial charge < -0.3 is 15.2 Å². The maximum atomic E-state index is 5.85. The van der Waals surface area contributed by atoms with Crippen LogP contribution in [0.2, 0.25) is 0 Å². The molecule has 1 unspecified atom stereocenters. The van der Waals surface area contributed by atoms with Crippen LogP contribution in [0.4, 0.5) is 5.82 Å². The normalized spacial score (nSPS) is 14.6. The Morgan fingerprint density at radius 2 is 2.16 bits per heavy atom. The summed E-state index contributed by atoms with van der Waals surface area (Å²) in [5, 5.41) is 4.23. The smallest absolute Gasteiger partial charge is 0.231 e. The molecule has 0 amide bonds. The average Bonchev–Trinajstić information content (AvgIpc) is 3.03. The third-order valence-electron chi connectivity index (χ3n) is 3.41. The molecule has 1 aliphatic rings. The number of hydrogen-bond donors (Lipinski definition) is 1. The minimum atomic E-state index is 0.278. The first-order valence-corrected chi connectivity index (χ1v) is 6.41. The molecule has 0 fully saturated rings. The fourth-order valence-corrected chi connectivity index (χ4v) is 2.29. The number of aryl methyl sites for hydroxylation is 1. The number of ether oxygens (including phenoxy) is 2. The Bertz CT molecular complexity index is 580. The molecule has 0 spiro atoms. The molecule has 1 aliphatic heterocycles. The maximum absolute atomic E-state index is 5.85. The number of nitrogens with zero attached hydrogens (tertiary/aromatic N) is 2. The van der Waals surface area contributed by atoms with Gasteiger partial charge in [-0.3, -0.25) is 0 Å². The molecule has 100 valence electrons. The van der Waals surface area contributed by atoms with E-state index in [1.165, 1.54) is 5.56 Å². The van der Waals surface area contributed by atoms with Crippen LogP contribution in [-0.2, 0) is 6.42 Å². The van der Waals surface area contributed by atoms with Crippen molar-refractivity contribution in [3.8, 4) is 11.5 Å². The van der Waals surface area contributed by atoms with Crippen molar-refractivity contribution in [3.63, 3.8) is 0 Å². The van der Waals surface area contributed by atoms with E-state index in [4.69, 9.17) is 15.2 Å². The van der Waals surface area contributed by atoms with Crippen molar-refractivity contribution in [2.45, 2.75) is 25.8 Å². The summed E-state index contributed by atoms with van der Waals surface area (Å²) < 4.78 is 12.5. The summed E-state index contributed by atoms with van der Waals surface area (Å²) in [7, 11) is 0. The minimum absolute atomic E-state index is 0.278. The lowest BCUT2D eigenvalue weighted by atomic mass is 10.1. The number of nitrogens with two attached hydrogens (primary N) is 1. The molecule has 3 rings (SSSR count). The lowest BCUT2D eigenvalue weighted by Gasteiger charge is -2.13. The number of fused-ring (bicyclic) bond motifs is 1. The largest absolute Gasteiger partial charge is 0.454 e. The van der Waals surface area contributed by atoms with Gasteiger partial charge in [-0.2, -0.15) is 5.10 Å². The topological polar surface area (TPSA) is 62.3 Å². The maximum Gasteiger partial charge on any atom is 0.231 e. The second kappa shape index (κ2) is 4.84. The summed E-state index contributed by atoms with van der Waals surface area (Å²) >= 11 is 0. The van der Waals surface area contributed by atoms with Crippen LogP contribution >= 0.6 is 0 Å². The predicted molar refractivity (Wildman–Crippen MR) is 72.2 cm³/mol. The second-order valence-corrected chi connectivity index (χ2v) is 4.78. The zero-order chi connectivity index (χ0) is 13.2. The zero-order valence-electron chi connectivity index (χ0n) is 10.9. The highest BCUT2D eigenvalue weighted by atomic mass is 16.7. The molecule has 1 aromatic heterocycles. The third kappa shape index (κ3) is 2.36. The van der Waals surface area contributed by atoms with Crippen molar-refractivity contribution in [2.24, 2.45) is 0 Å². The number of benzene rings is 1. The minimum Gasteiger partial charge on any atom is -0.454 e. The van der Waals surface area contributed by atoms with E-state index in [-0.39, 0.29) is 6.04 Å². The predicted octanol–water partition coefficient (Wildman–Crippen LogP) is 2.39.